The van der Waals surface area contributed by atoms with E-state index in [0.717, 1.165) is 0 Å². The first-order chi connectivity index (χ1) is 13.1. The molecular formula is C18H13F6NO2S. The minimum atomic E-state index is -5.20. The van der Waals surface area contributed by atoms with Crippen molar-refractivity contribution in [1.29, 1.82) is 0 Å². The summed E-state index contributed by atoms with van der Waals surface area (Å²) in [7, 11) is 0. The molecule has 0 spiro atoms. The van der Waals surface area contributed by atoms with E-state index in [1.165, 1.54) is 36.0 Å². The molecule has 10 heteroatoms. The number of ketones is 1. The highest BCUT2D eigenvalue weighted by Crippen LogP contribution is 2.50. The number of nitrogens with zero attached hydrogens (tertiary/aromatic N) is 1. The van der Waals surface area contributed by atoms with Gasteiger partial charge in [-0.15, -0.1) is 0 Å². The summed E-state index contributed by atoms with van der Waals surface area (Å²) in [5.74, 6) is -1.22. The number of carbonyl (C=O) groups excluding carboxylic acids is 1. The van der Waals surface area contributed by atoms with Crippen molar-refractivity contribution < 1.29 is 35.9 Å². The minimum absolute atomic E-state index is 0.0247. The number of hydrogen-bond donors (Lipinski definition) is 0. The van der Waals surface area contributed by atoms with E-state index in [1.807, 2.05) is 0 Å². The van der Waals surface area contributed by atoms with E-state index in [0.29, 0.717) is 24.1 Å². The van der Waals surface area contributed by atoms with Gasteiger partial charge in [0.25, 0.3) is 5.78 Å². The molecule has 0 saturated carbocycles. The number of halogens is 6. The maximum absolute atomic E-state index is 13.7. The Kier molecular flexibility index (Phi) is 4.53. The summed E-state index contributed by atoms with van der Waals surface area (Å²) >= 11 is 1.45. The molecule has 1 fully saturated rings. The van der Waals surface area contributed by atoms with Crippen LogP contribution in [-0.2, 0) is 4.74 Å². The third-order valence-electron chi connectivity index (χ3n) is 4.79. The van der Waals surface area contributed by atoms with Crippen LogP contribution in [0.15, 0.2) is 30.3 Å². The molecule has 0 bridgehead atoms. The van der Waals surface area contributed by atoms with Crippen molar-refractivity contribution in [1.82, 2.24) is 0 Å². The van der Waals surface area contributed by atoms with Gasteiger partial charge in [0, 0.05) is 34.6 Å². The van der Waals surface area contributed by atoms with Crippen LogP contribution in [-0.4, -0.2) is 42.4 Å². The number of fused-ring (bicyclic) bond motifs is 5. The minimum Gasteiger partial charge on any atom is -0.344 e. The van der Waals surface area contributed by atoms with Crippen LogP contribution in [0.4, 0.5) is 32.0 Å². The predicted octanol–water partition coefficient (Wildman–Crippen LogP) is 5.10. The highest BCUT2D eigenvalue weighted by atomic mass is 32.2. The molecule has 0 radical (unpaired) electrons. The lowest BCUT2D eigenvalue weighted by molar-refractivity contribution is -0.237. The van der Waals surface area contributed by atoms with Crippen molar-refractivity contribution in [3.05, 3.63) is 41.5 Å². The number of alkyl halides is 6. The molecule has 2 aliphatic heterocycles. The van der Waals surface area contributed by atoms with E-state index < -0.39 is 41.6 Å². The Morgan fingerprint density at radius 1 is 1.11 bits per heavy atom. The third-order valence-corrected chi connectivity index (χ3v) is 5.78. The van der Waals surface area contributed by atoms with E-state index in [1.54, 1.807) is 4.90 Å². The van der Waals surface area contributed by atoms with Crippen LogP contribution in [0.3, 0.4) is 0 Å². The molecule has 150 valence electrons. The average Bonchev–Trinajstić information content (AvgIpc) is 2.64. The van der Waals surface area contributed by atoms with E-state index in [2.05, 4.69) is 0 Å². The highest BCUT2D eigenvalue weighted by molar-refractivity contribution is 7.99. The zero-order valence-corrected chi connectivity index (χ0v) is 14.9. The summed E-state index contributed by atoms with van der Waals surface area (Å²) in [6.45, 7) is 0.392. The van der Waals surface area contributed by atoms with Crippen LogP contribution in [0.1, 0.15) is 22.0 Å². The standard InChI is InChI=1S/C18H13F6NO2S/c19-17(20,21)15(26)11-7-12-14(10-4-2-1-3-9(10)11)25-5-6-28-8-13(25)27-16(12)18(22,23)24/h1-4,7,13,16H,5-6,8H2. The number of hydrogen-bond acceptors (Lipinski definition) is 4. The number of benzene rings is 2. The van der Waals surface area contributed by atoms with Gasteiger partial charge in [-0.2, -0.15) is 38.1 Å². The molecule has 2 unspecified atom stereocenters. The second-order valence-electron chi connectivity index (χ2n) is 6.52. The third kappa shape index (κ3) is 3.12. The molecule has 28 heavy (non-hydrogen) atoms. The Morgan fingerprint density at radius 3 is 2.43 bits per heavy atom. The van der Waals surface area contributed by atoms with Gasteiger partial charge in [-0.3, -0.25) is 4.79 Å². The number of ether oxygens (including phenoxy) is 1. The normalized spacial score (nSPS) is 22.7. The van der Waals surface area contributed by atoms with Crippen LogP contribution in [0.2, 0.25) is 0 Å². The van der Waals surface area contributed by atoms with Gasteiger partial charge >= 0.3 is 12.4 Å². The summed E-state index contributed by atoms with van der Waals surface area (Å²) in [4.78, 5) is 13.6. The SMILES string of the molecule is O=C(c1cc2c(c3ccccc13)N1CCSCC1OC2C(F)(F)F)C(F)(F)F. The van der Waals surface area contributed by atoms with Crippen molar-refractivity contribution in [2.24, 2.45) is 0 Å². The Bertz CT molecular complexity index is 942. The summed E-state index contributed by atoms with van der Waals surface area (Å²) in [5.41, 5.74) is -1.07. The Labute approximate surface area is 159 Å². The lowest BCUT2D eigenvalue weighted by Gasteiger charge is -2.45. The molecule has 0 amide bonds. The van der Waals surface area contributed by atoms with Gasteiger partial charge in [0.15, 0.2) is 6.10 Å². The molecule has 0 aromatic heterocycles. The predicted molar refractivity (Wildman–Crippen MR) is 92.7 cm³/mol. The smallest absolute Gasteiger partial charge is 0.344 e. The molecule has 4 rings (SSSR count). The molecule has 2 atom stereocenters. The number of rotatable bonds is 1. The summed E-state index contributed by atoms with van der Waals surface area (Å²) in [6, 6.07) is 6.44. The van der Waals surface area contributed by atoms with Gasteiger partial charge < -0.3 is 9.64 Å². The molecule has 1 saturated heterocycles. The van der Waals surface area contributed by atoms with Gasteiger partial charge in [0.2, 0.25) is 0 Å². The first-order valence-corrected chi connectivity index (χ1v) is 9.48. The summed E-state index contributed by atoms with van der Waals surface area (Å²) in [6.07, 6.45) is -13.3. The molecular weight excluding hydrogens is 408 g/mol. The first kappa shape index (κ1) is 19.4. The largest absolute Gasteiger partial charge is 0.454 e. The Balaban J connectivity index is 2.04. The number of carbonyl (C=O) groups is 1. The molecule has 0 N–H and O–H groups in total. The van der Waals surface area contributed by atoms with Gasteiger partial charge in [-0.1, -0.05) is 24.3 Å². The first-order valence-electron chi connectivity index (χ1n) is 8.33. The summed E-state index contributed by atoms with van der Waals surface area (Å²) in [5, 5.41) is 0.158. The monoisotopic (exact) mass is 421 g/mol. The highest BCUT2D eigenvalue weighted by Gasteiger charge is 2.50. The van der Waals surface area contributed by atoms with E-state index in [-0.39, 0.29) is 16.5 Å². The molecule has 2 aromatic rings. The van der Waals surface area contributed by atoms with Crippen molar-refractivity contribution in [3.63, 3.8) is 0 Å². The van der Waals surface area contributed by atoms with Crippen LogP contribution < -0.4 is 4.90 Å². The maximum Gasteiger partial charge on any atom is 0.454 e. The second kappa shape index (κ2) is 6.55. The van der Waals surface area contributed by atoms with Crippen molar-refractivity contribution in [2.75, 3.05) is 23.0 Å². The lowest BCUT2D eigenvalue weighted by Crippen LogP contribution is -2.50. The Morgan fingerprint density at radius 2 is 1.79 bits per heavy atom. The molecule has 0 aliphatic carbocycles. The van der Waals surface area contributed by atoms with Crippen LogP contribution >= 0.6 is 11.8 Å². The average molecular weight is 421 g/mol. The van der Waals surface area contributed by atoms with Crippen LogP contribution in [0.5, 0.6) is 0 Å². The Hall–Kier alpha value is -1.94. The number of thioether (sulfide) groups is 1. The number of anilines is 1. The molecule has 2 heterocycles. The number of Topliss-reactive ketones (excluding diaryl/α,β-unsaturated/α-hetero) is 1. The topological polar surface area (TPSA) is 29.5 Å². The summed E-state index contributed by atoms with van der Waals surface area (Å²) < 4.78 is 85.5. The van der Waals surface area contributed by atoms with Crippen LogP contribution in [0.25, 0.3) is 10.8 Å². The maximum atomic E-state index is 13.7. The zero-order chi connectivity index (χ0) is 20.3. The van der Waals surface area contributed by atoms with Gasteiger partial charge in [0.1, 0.15) is 6.23 Å². The quantitative estimate of drug-likeness (QED) is 0.474. The van der Waals surface area contributed by atoms with Crippen molar-refractivity contribution >= 4 is 34.0 Å². The molecule has 3 nitrogen and oxygen atoms in total. The zero-order valence-electron chi connectivity index (χ0n) is 14.1. The lowest BCUT2D eigenvalue weighted by atomic mass is 9.91. The van der Waals surface area contributed by atoms with Gasteiger partial charge in [-0.25, -0.2) is 0 Å². The van der Waals surface area contributed by atoms with E-state index >= 15 is 0 Å². The molecule has 2 aromatic carbocycles. The van der Waals surface area contributed by atoms with Gasteiger partial charge in [0.05, 0.1) is 5.69 Å². The van der Waals surface area contributed by atoms with Gasteiger partial charge in [-0.05, 0) is 11.5 Å². The van der Waals surface area contributed by atoms with Crippen molar-refractivity contribution in [2.45, 2.75) is 24.7 Å². The van der Waals surface area contributed by atoms with E-state index in [9.17, 15) is 31.1 Å². The molecule has 2 aliphatic rings. The van der Waals surface area contributed by atoms with Crippen LogP contribution in [0, 0.1) is 0 Å². The van der Waals surface area contributed by atoms with E-state index in [4.69, 9.17) is 4.74 Å². The fourth-order valence-corrected chi connectivity index (χ4v) is 4.63. The fourth-order valence-electron chi connectivity index (χ4n) is 3.68. The second-order valence-corrected chi connectivity index (χ2v) is 7.66. The fraction of sp³-hybridized carbons (Fsp3) is 0.389. The van der Waals surface area contributed by atoms with Crippen molar-refractivity contribution in [3.8, 4) is 0 Å².